The van der Waals surface area contributed by atoms with Crippen molar-refractivity contribution in [3.8, 4) is 5.75 Å². The lowest BCUT2D eigenvalue weighted by Gasteiger charge is -2.16. The van der Waals surface area contributed by atoms with E-state index >= 15 is 0 Å². The topological polar surface area (TPSA) is 38.3 Å². The normalized spacial score (nSPS) is 15.6. The Labute approximate surface area is 115 Å². The van der Waals surface area contributed by atoms with E-state index in [9.17, 15) is 18.0 Å². The molecule has 0 unspecified atom stereocenters. The van der Waals surface area contributed by atoms with E-state index in [1.165, 1.54) is 18.1 Å². The fourth-order valence-electron chi connectivity index (χ4n) is 2.21. The van der Waals surface area contributed by atoms with E-state index in [0.29, 0.717) is 5.75 Å². The van der Waals surface area contributed by atoms with Crippen LogP contribution in [0.5, 0.6) is 5.75 Å². The fraction of sp³-hybridized carbons (Fsp3) is 0.500. The minimum Gasteiger partial charge on any atom is -0.481 e. The van der Waals surface area contributed by atoms with Crippen LogP contribution >= 0.6 is 0 Å². The van der Waals surface area contributed by atoms with Crippen LogP contribution in [-0.2, 0) is 17.6 Å². The zero-order valence-electron chi connectivity index (χ0n) is 11.1. The minimum atomic E-state index is -4.41. The number of alkyl halides is 3. The van der Waals surface area contributed by atoms with Gasteiger partial charge in [0.2, 0.25) is 0 Å². The molecule has 2 rings (SSSR count). The quantitative estimate of drug-likeness (QED) is 0.924. The molecule has 110 valence electrons. The third-order valence-electron chi connectivity index (χ3n) is 3.22. The highest BCUT2D eigenvalue weighted by molar-refractivity contribution is 5.80. The number of aryl methyl sites for hydroxylation is 2. The molecule has 0 spiro atoms. The van der Waals surface area contributed by atoms with Gasteiger partial charge in [0.05, 0.1) is 0 Å². The molecule has 1 aliphatic carbocycles. The summed E-state index contributed by atoms with van der Waals surface area (Å²) in [5.41, 5.74) is 2.46. The summed E-state index contributed by atoms with van der Waals surface area (Å²) in [4.78, 5) is 11.5. The summed E-state index contributed by atoms with van der Waals surface area (Å²) >= 11 is 0. The first-order valence-electron chi connectivity index (χ1n) is 6.48. The maximum Gasteiger partial charge on any atom is 0.405 e. The number of hydrogen-bond donors (Lipinski definition) is 1. The predicted octanol–water partition coefficient (Wildman–Crippen LogP) is 2.62. The molecule has 0 fully saturated rings. The first kappa shape index (κ1) is 14.7. The number of rotatable bonds is 4. The molecule has 0 saturated carbocycles. The average Bonchev–Trinajstić information content (AvgIpc) is 2.82. The van der Waals surface area contributed by atoms with E-state index in [1.807, 2.05) is 12.1 Å². The Hall–Kier alpha value is -1.72. The molecule has 0 aliphatic heterocycles. The molecule has 20 heavy (non-hydrogen) atoms. The van der Waals surface area contributed by atoms with Gasteiger partial charge in [-0.2, -0.15) is 13.2 Å². The monoisotopic (exact) mass is 287 g/mol. The van der Waals surface area contributed by atoms with Crippen molar-refractivity contribution in [1.29, 1.82) is 0 Å². The van der Waals surface area contributed by atoms with Gasteiger partial charge in [-0.15, -0.1) is 0 Å². The summed E-state index contributed by atoms with van der Waals surface area (Å²) < 4.78 is 41.4. The molecule has 0 heterocycles. The number of nitrogens with one attached hydrogen (secondary N) is 1. The lowest BCUT2D eigenvalue weighted by molar-refractivity contribution is -0.142. The van der Waals surface area contributed by atoms with Crippen LogP contribution in [-0.4, -0.2) is 24.7 Å². The average molecular weight is 287 g/mol. The highest BCUT2D eigenvalue weighted by Gasteiger charge is 2.29. The summed E-state index contributed by atoms with van der Waals surface area (Å²) in [6.07, 6.45) is -2.27. The van der Waals surface area contributed by atoms with E-state index < -0.39 is 24.7 Å². The van der Waals surface area contributed by atoms with Gasteiger partial charge in [0.1, 0.15) is 12.3 Å². The number of carbonyl (C=O) groups is 1. The Kier molecular flexibility index (Phi) is 4.20. The highest BCUT2D eigenvalue weighted by Crippen LogP contribution is 2.26. The molecule has 1 aromatic rings. The first-order chi connectivity index (χ1) is 9.35. The summed E-state index contributed by atoms with van der Waals surface area (Å²) in [5.74, 6) is -0.261. The molecule has 1 N–H and O–H groups in total. The third kappa shape index (κ3) is 3.88. The lowest BCUT2D eigenvalue weighted by atomic mass is 10.1. The van der Waals surface area contributed by atoms with Crippen molar-refractivity contribution in [2.75, 3.05) is 6.54 Å². The Morgan fingerprint density at radius 3 is 2.75 bits per heavy atom. The summed E-state index contributed by atoms with van der Waals surface area (Å²) in [6.45, 7) is 0.0860. The second-order valence-corrected chi connectivity index (χ2v) is 4.88. The summed E-state index contributed by atoms with van der Waals surface area (Å²) in [5, 5.41) is 1.81. The van der Waals surface area contributed by atoms with Gasteiger partial charge in [-0.05, 0) is 49.4 Å². The number of carbonyl (C=O) groups excluding carboxylic acids is 1. The predicted molar refractivity (Wildman–Crippen MR) is 67.6 cm³/mol. The Morgan fingerprint density at radius 2 is 2.05 bits per heavy atom. The second-order valence-electron chi connectivity index (χ2n) is 4.88. The van der Waals surface area contributed by atoms with E-state index in [0.717, 1.165) is 19.3 Å². The van der Waals surface area contributed by atoms with Crippen LogP contribution in [0.4, 0.5) is 13.2 Å². The smallest absolute Gasteiger partial charge is 0.405 e. The zero-order chi connectivity index (χ0) is 14.8. The molecule has 0 saturated heterocycles. The summed E-state index contributed by atoms with van der Waals surface area (Å²) in [7, 11) is 0. The molecule has 0 aromatic heterocycles. The van der Waals surface area contributed by atoms with Gasteiger partial charge in [-0.25, -0.2) is 0 Å². The Bertz CT molecular complexity index is 500. The number of ether oxygens (including phenoxy) is 1. The number of hydrogen-bond acceptors (Lipinski definition) is 2. The first-order valence-corrected chi connectivity index (χ1v) is 6.48. The van der Waals surface area contributed by atoms with Gasteiger partial charge in [0.15, 0.2) is 6.10 Å². The minimum absolute atomic E-state index is 0.514. The van der Waals surface area contributed by atoms with E-state index in [4.69, 9.17) is 4.74 Å². The number of benzene rings is 1. The third-order valence-corrected chi connectivity index (χ3v) is 3.22. The lowest BCUT2D eigenvalue weighted by Crippen LogP contribution is -2.41. The molecule has 1 aliphatic rings. The molecule has 1 amide bonds. The standard InChI is InChI=1S/C14H16F3NO2/c1-9(13(19)18-8-14(15,16)17)20-12-6-5-10-3-2-4-11(10)7-12/h5-7,9H,2-4,8H2,1H3,(H,18,19)/t9-/m1/s1. The van der Waals surface area contributed by atoms with Crippen LogP contribution in [0, 0.1) is 0 Å². The van der Waals surface area contributed by atoms with Gasteiger partial charge >= 0.3 is 6.18 Å². The number of halogens is 3. The summed E-state index contributed by atoms with van der Waals surface area (Å²) in [6, 6.07) is 5.55. The SMILES string of the molecule is C[C@@H](Oc1ccc2c(c1)CCC2)C(=O)NCC(F)(F)F. The Balaban J connectivity index is 1.90. The van der Waals surface area contributed by atoms with Gasteiger partial charge in [0.25, 0.3) is 5.91 Å². The Morgan fingerprint density at radius 1 is 1.35 bits per heavy atom. The van der Waals surface area contributed by atoms with E-state index in [1.54, 1.807) is 11.4 Å². The van der Waals surface area contributed by atoms with Gasteiger partial charge in [-0.3, -0.25) is 4.79 Å². The second kappa shape index (κ2) is 5.73. The van der Waals surface area contributed by atoms with Gasteiger partial charge in [-0.1, -0.05) is 6.07 Å². The number of amides is 1. The molecular formula is C14H16F3NO2. The zero-order valence-corrected chi connectivity index (χ0v) is 11.1. The highest BCUT2D eigenvalue weighted by atomic mass is 19.4. The van der Waals surface area contributed by atoms with Crippen LogP contribution in [0.3, 0.4) is 0 Å². The number of fused-ring (bicyclic) bond motifs is 1. The van der Waals surface area contributed by atoms with Crippen LogP contribution < -0.4 is 10.1 Å². The molecule has 0 bridgehead atoms. The molecule has 3 nitrogen and oxygen atoms in total. The molecule has 0 radical (unpaired) electrons. The maximum atomic E-state index is 12.0. The van der Waals surface area contributed by atoms with E-state index in [-0.39, 0.29) is 0 Å². The van der Waals surface area contributed by atoms with Crippen LogP contribution in [0.2, 0.25) is 0 Å². The van der Waals surface area contributed by atoms with Crippen molar-refractivity contribution >= 4 is 5.91 Å². The maximum absolute atomic E-state index is 12.0. The largest absolute Gasteiger partial charge is 0.481 e. The molecular weight excluding hydrogens is 271 g/mol. The molecule has 1 atom stereocenters. The van der Waals surface area contributed by atoms with Crippen molar-refractivity contribution < 1.29 is 22.7 Å². The molecule has 6 heteroatoms. The van der Waals surface area contributed by atoms with Gasteiger partial charge < -0.3 is 10.1 Å². The molecule has 1 aromatic carbocycles. The van der Waals surface area contributed by atoms with Crippen molar-refractivity contribution in [3.63, 3.8) is 0 Å². The van der Waals surface area contributed by atoms with Crippen molar-refractivity contribution in [1.82, 2.24) is 5.32 Å². The van der Waals surface area contributed by atoms with Crippen LogP contribution in [0.1, 0.15) is 24.5 Å². The van der Waals surface area contributed by atoms with Crippen LogP contribution in [0.15, 0.2) is 18.2 Å². The van der Waals surface area contributed by atoms with Gasteiger partial charge in [0, 0.05) is 0 Å². The fourth-order valence-corrected chi connectivity index (χ4v) is 2.21. The van der Waals surface area contributed by atoms with Crippen molar-refractivity contribution in [2.45, 2.75) is 38.5 Å². The van der Waals surface area contributed by atoms with Crippen molar-refractivity contribution in [3.05, 3.63) is 29.3 Å². The van der Waals surface area contributed by atoms with E-state index in [2.05, 4.69) is 0 Å². The van der Waals surface area contributed by atoms with Crippen molar-refractivity contribution in [2.24, 2.45) is 0 Å². The van der Waals surface area contributed by atoms with Crippen LogP contribution in [0.25, 0.3) is 0 Å².